The second kappa shape index (κ2) is 7.67. The van der Waals surface area contributed by atoms with Crippen molar-refractivity contribution >= 4 is 5.91 Å². The molecule has 3 aromatic rings. The average Bonchev–Trinajstić information content (AvgIpc) is 3.37. The first-order valence-corrected chi connectivity index (χ1v) is 8.91. The number of ether oxygens (including phenoxy) is 1. The minimum atomic E-state index is -0.280. The number of H-pyrrole nitrogens is 1. The molecule has 27 heavy (non-hydrogen) atoms. The van der Waals surface area contributed by atoms with Crippen LogP contribution in [0.25, 0.3) is 0 Å². The van der Waals surface area contributed by atoms with Gasteiger partial charge >= 0.3 is 0 Å². The number of amides is 1. The second-order valence-corrected chi connectivity index (χ2v) is 6.60. The molecule has 1 aliphatic rings. The third kappa shape index (κ3) is 3.88. The predicted molar refractivity (Wildman–Crippen MR) is 98.9 cm³/mol. The molecule has 1 atom stereocenters. The maximum Gasteiger partial charge on any atom is 0.238 e. The second-order valence-electron chi connectivity index (χ2n) is 6.60. The van der Waals surface area contributed by atoms with Crippen LogP contribution in [0, 0.1) is 0 Å². The van der Waals surface area contributed by atoms with Gasteiger partial charge in [0.1, 0.15) is 11.5 Å². The summed E-state index contributed by atoms with van der Waals surface area (Å²) in [5.74, 6) is 1.54. The summed E-state index contributed by atoms with van der Waals surface area (Å²) >= 11 is 0. The standard InChI is InChI=1S/C20H22N4O3/c1-26-15-6-4-14(5-7-15)11-24-12-18-17(22-13-23-18)9-19(24)20(25)21-10-16-3-2-8-27-16/h2-8,13,19H,9-12H2,1H3,(H,21,25)(H,22,23)/t19-/m0/s1. The van der Waals surface area contributed by atoms with E-state index in [-0.39, 0.29) is 11.9 Å². The number of furan rings is 1. The first-order chi connectivity index (χ1) is 13.2. The Labute approximate surface area is 157 Å². The smallest absolute Gasteiger partial charge is 0.238 e. The molecule has 0 fully saturated rings. The number of methoxy groups -OCH3 is 1. The molecule has 7 heteroatoms. The summed E-state index contributed by atoms with van der Waals surface area (Å²) in [6, 6.07) is 11.3. The van der Waals surface area contributed by atoms with Crippen LogP contribution in [-0.4, -0.2) is 33.9 Å². The summed E-state index contributed by atoms with van der Waals surface area (Å²) in [4.78, 5) is 22.6. The van der Waals surface area contributed by atoms with Crippen molar-refractivity contribution in [2.75, 3.05) is 7.11 Å². The molecule has 0 radical (unpaired) electrons. The summed E-state index contributed by atoms with van der Waals surface area (Å²) in [6.07, 6.45) is 3.88. The Kier molecular flexibility index (Phi) is 4.93. The zero-order chi connectivity index (χ0) is 18.6. The highest BCUT2D eigenvalue weighted by Crippen LogP contribution is 2.23. The van der Waals surface area contributed by atoms with Gasteiger partial charge in [0.05, 0.1) is 43.7 Å². The first-order valence-electron chi connectivity index (χ1n) is 8.91. The highest BCUT2D eigenvalue weighted by molar-refractivity contribution is 5.82. The van der Waals surface area contributed by atoms with Crippen molar-refractivity contribution < 1.29 is 13.9 Å². The number of benzene rings is 1. The van der Waals surface area contributed by atoms with Gasteiger partial charge in [-0.05, 0) is 29.8 Å². The van der Waals surface area contributed by atoms with Gasteiger partial charge in [0.25, 0.3) is 0 Å². The molecule has 1 amide bonds. The van der Waals surface area contributed by atoms with E-state index in [2.05, 4.69) is 20.2 Å². The monoisotopic (exact) mass is 366 g/mol. The van der Waals surface area contributed by atoms with Crippen LogP contribution in [0.15, 0.2) is 53.4 Å². The molecule has 0 saturated heterocycles. The topological polar surface area (TPSA) is 83.4 Å². The van der Waals surface area contributed by atoms with Gasteiger partial charge in [0.2, 0.25) is 5.91 Å². The van der Waals surface area contributed by atoms with E-state index in [0.29, 0.717) is 26.1 Å². The summed E-state index contributed by atoms with van der Waals surface area (Å²) in [5.41, 5.74) is 3.15. The van der Waals surface area contributed by atoms with Gasteiger partial charge in [-0.2, -0.15) is 0 Å². The first kappa shape index (κ1) is 17.4. The Morgan fingerprint density at radius 3 is 2.96 bits per heavy atom. The number of hydrogen-bond acceptors (Lipinski definition) is 5. The Bertz CT molecular complexity index is 886. The summed E-state index contributed by atoms with van der Waals surface area (Å²) in [7, 11) is 1.65. The fraction of sp³-hybridized carbons (Fsp3) is 0.300. The molecule has 0 bridgehead atoms. The number of aromatic amines is 1. The third-order valence-corrected chi connectivity index (χ3v) is 4.86. The Balaban J connectivity index is 1.49. The molecule has 0 spiro atoms. The van der Waals surface area contributed by atoms with E-state index in [4.69, 9.17) is 9.15 Å². The van der Waals surface area contributed by atoms with E-state index in [9.17, 15) is 4.79 Å². The third-order valence-electron chi connectivity index (χ3n) is 4.86. The highest BCUT2D eigenvalue weighted by atomic mass is 16.5. The molecule has 2 aromatic heterocycles. The molecular weight excluding hydrogens is 344 g/mol. The fourth-order valence-electron chi connectivity index (χ4n) is 3.38. The van der Waals surface area contributed by atoms with Gasteiger partial charge in [-0.3, -0.25) is 9.69 Å². The van der Waals surface area contributed by atoms with E-state index < -0.39 is 0 Å². The number of carbonyl (C=O) groups excluding carboxylic acids is 1. The number of nitrogens with zero attached hydrogens (tertiary/aromatic N) is 2. The van der Waals surface area contributed by atoms with Gasteiger partial charge in [-0.25, -0.2) is 4.98 Å². The summed E-state index contributed by atoms with van der Waals surface area (Å²) in [6.45, 7) is 1.70. The van der Waals surface area contributed by atoms with Crippen molar-refractivity contribution in [2.45, 2.75) is 32.1 Å². The van der Waals surface area contributed by atoms with Gasteiger partial charge in [-0.15, -0.1) is 0 Å². The van der Waals surface area contributed by atoms with Crippen LogP contribution in [0.2, 0.25) is 0 Å². The van der Waals surface area contributed by atoms with Gasteiger partial charge < -0.3 is 19.5 Å². The van der Waals surface area contributed by atoms with Gasteiger partial charge in [-0.1, -0.05) is 12.1 Å². The summed E-state index contributed by atoms with van der Waals surface area (Å²) < 4.78 is 10.5. The van der Waals surface area contributed by atoms with Crippen molar-refractivity contribution in [3.63, 3.8) is 0 Å². The van der Waals surface area contributed by atoms with Gasteiger partial charge in [0, 0.05) is 19.5 Å². The number of hydrogen-bond donors (Lipinski definition) is 2. The van der Waals surface area contributed by atoms with Crippen molar-refractivity contribution in [1.82, 2.24) is 20.2 Å². The molecule has 3 heterocycles. The number of carbonyl (C=O) groups is 1. The largest absolute Gasteiger partial charge is 0.497 e. The van der Waals surface area contributed by atoms with Gasteiger partial charge in [0.15, 0.2) is 0 Å². The lowest BCUT2D eigenvalue weighted by Gasteiger charge is -2.34. The quantitative estimate of drug-likeness (QED) is 0.699. The summed E-state index contributed by atoms with van der Waals surface area (Å²) in [5, 5.41) is 2.98. The number of imidazole rings is 1. The minimum Gasteiger partial charge on any atom is -0.497 e. The molecule has 140 valence electrons. The molecule has 2 N–H and O–H groups in total. The van der Waals surface area contributed by atoms with E-state index in [0.717, 1.165) is 28.5 Å². The van der Waals surface area contributed by atoms with Crippen LogP contribution in [-0.2, 0) is 30.8 Å². The Morgan fingerprint density at radius 1 is 1.37 bits per heavy atom. The predicted octanol–water partition coefficient (Wildman–Crippen LogP) is 2.25. The van der Waals surface area contributed by atoms with E-state index in [1.165, 1.54) is 0 Å². The molecule has 0 unspecified atom stereocenters. The zero-order valence-electron chi connectivity index (χ0n) is 15.1. The fourth-order valence-corrected chi connectivity index (χ4v) is 3.38. The molecule has 4 rings (SSSR count). The zero-order valence-corrected chi connectivity index (χ0v) is 15.1. The number of rotatable bonds is 6. The lowest BCUT2D eigenvalue weighted by atomic mass is 10.0. The number of aromatic nitrogens is 2. The molecule has 1 aromatic carbocycles. The molecule has 7 nitrogen and oxygen atoms in total. The van der Waals surface area contributed by atoms with Crippen LogP contribution in [0.5, 0.6) is 5.75 Å². The Hall–Kier alpha value is -3.06. The van der Waals surface area contributed by atoms with Crippen LogP contribution >= 0.6 is 0 Å². The molecule has 1 aliphatic heterocycles. The van der Waals surface area contributed by atoms with E-state index in [1.54, 1.807) is 19.7 Å². The molecular formula is C20H22N4O3. The number of nitrogens with one attached hydrogen (secondary N) is 2. The van der Waals surface area contributed by atoms with Crippen molar-refractivity contribution in [3.8, 4) is 5.75 Å². The van der Waals surface area contributed by atoms with Crippen LogP contribution < -0.4 is 10.1 Å². The van der Waals surface area contributed by atoms with Crippen molar-refractivity contribution in [1.29, 1.82) is 0 Å². The van der Waals surface area contributed by atoms with Crippen LogP contribution in [0.4, 0.5) is 0 Å². The van der Waals surface area contributed by atoms with Crippen molar-refractivity contribution in [2.24, 2.45) is 0 Å². The van der Waals surface area contributed by atoms with Crippen LogP contribution in [0.1, 0.15) is 22.7 Å². The lowest BCUT2D eigenvalue weighted by Crippen LogP contribution is -2.49. The highest BCUT2D eigenvalue weighted by Gasteiger charge is 2.33. The molecule has 0 aliphatic carbocycles. The number of fused-ring (bicyclic) bond motifs is 1. The lowest BCUT2D eigenvalue weighted by molar-refractivity contribution is -0.127. The Morgan fingerprint density at radius 2 is 2.22 bits per heavy atom. The normalized spacial score (nSPS) is 16.7. The van der Waals surface area contributed by atoms with Crippen LogP contribution in [0.3, 0.4) is 0 Å². The van der Waals surface area contributed by atoms with E-state index >= 15 is 0 Å². The molecule has 0 saturated carbocycles. The van der Waals surface area contributed by atoms with Crippen molar-refractivity contribution in [3.05, 3.63) is 71.7 Å². The average molecular weight is 366 g/mol. The maximum atomic E-state index is 12.9. The maximum absolute atomic E-state index is 12.9. The minimum absolute atomic E-state index is 0.0199. The SMILES string of the molecule is COc1ccc(CN2Cc3[nH]cnc3C[C@H]2C(=O)NCc2ccco2)cc1. The van der Waals surface area contributed by atoms with E-state index in [1.807, 2.05) is 36.4 Å².